The van der Waals surface area contributed by atoms with Crippen molar-refractivity contribution < 1.29 is 9.53 Å². The van der Waals surface area contributed by atoms with E-state index in [1.165, 1.54) is 0 Å². The SMILES string of the molecule is CCNC(=O)C(C#N)=Cc1cc(C)n(-c2ccc(OC)cc2)c1C. The summed E-state index contributed by atoms with van der Waals surface area (Å²) in [5, 5.41) is 11.9. The van der Waals surface area contributed by atoms with Crippen molar-refractivity contribution in [3.63, 3.8) is 0 Å². The number of aromatic nitrogens is 1. The maximum atomic E-state index is 11.9. The topological polar surface area (TPSA) is 67.0 Å². The second kappa shape index (κ2) is 7.51. The minimum atomic E-state index is -0.353. The van der Waals surface area contributed by atoms with Crippen LogP contribution < -0.4 is 10.1 Å². The highest BCUT2D eigenvalue weighted by Crippen LogP contribution is 2.24. The van der Waals surface area contributed by atoms with Crippen LogP contribution in [-0.2, 0) is 4.79 Å². The molecule has 124 valence electrons. The Bertz CT molecular complexity index is 808. The van der Waals surface area contributed by atoms with Crippen LogP contribution in [0.3, 0.4) is 0 Å². The molecule has 1 aromatic heterocycles. The molecule has 5 heteroatoms. The van der Waals surface area contributed by atoms with Gasteiger partial charge in [0.2, 0.25) is 0 Å². The third-order valence-electron chi connectivity index (χ3n) is 3.80. The Morgan fingerprint density at radius 3 is 2.54 bits per heavy atom. The molecule has 5 nitrogen and oxygen atoms in total. The number of aryl methyl sites for hydroxylation is 1. The molecule has 0 fully saturated rings. The van der Waals surface area contributed by atoms with E-state index in [0.717, 1.165) is 28.4 Å². The van der Waals surface area contributed by atoms with Gasteiger partial charge in [-0.25, -0.2) is 0 Å². The van der Waals surface area contributed by atoms with Crippen molar-refractivity contribution in [3.05, 3.63) is 52.9 Å². The highest BCUT2D eigenvalue weighted by Gasteiger charge is 2.13. The predicted octanol–water partition coefficient (Wildman–Crippen LogP) is 3.15. The van der Waals surface area contributed by atoms with E-state index < -0.39 is 0 Å². The molecule has 1 N–H and O–H groups in total. The number of nitrogens with one attached hydrogen (secondary N) is 1. The summed E-state index contributed by atoms with van der Waals surface area (Å²) < 4.78 is 7.27. The first-order valence-electron chi connectivity index (χ1n) is 7.75. The number of hydrogen-bond acceptors (Lipinski definition) is 3. The van der Waals surface area contributed by atoms with E-state index in [1.807, 2.05) is 57.2 Å². The minimum absolute atomic E-state index is 0.104. The van der Waals surface area contributed by atoms with Crippen LogP contribution in [0.5, 0.6) is 5.75 Å². The van der Waals surface area contributed by atoms with Crippen molar-refractivity contribution in [1.29, 1.82) is 5.26 Å². The molecule has 2 aromatic rings. The number of methoxy groups -OCH3 is 1. The van der Waals surface area contributed by atoms with Gasteiger partial charge in [0.05, 0.1) is 7.11 Å². The first-order chi connectivity index (χ1) is 11.5. The minimum Gasteiger partial charge on any atom is -0.497 e. The van der Waals surface area contributed by atoms with Gasteiger partial charge < -0.3 is 14.6 Å². The van der Waals surface area contributed by atoms with Gasteiger partial charge in [-0.1, -0.05) is 0 Å². The number of likely N-dealkylation sites (N-methyl/N-ethyl adjacent to an activating group) is 1. The second-order valence-electron chi connectivity index (χ2n) is 5.39. The van der Waals surface area contributed by atoms with E-state index in [-0.39, 0.29) is 11.5 Å². The van der Waals surface area contributed by atoms with Crippen molar-refractivity contribution in [2.75, 3.05) is 13.7 Å². The van der Waals surface area contributed by atoms with E-state index >= 15 is 0 Å². The number of benzene rings is 1. The average molecular weight is 323 g/mol. The fourth-order valence-electron chi connectivity index (χ4n) is 2.62. The third-order valence-corrected chi connectivity index (χ3v) is 3.80. The number of amides is 1. The number of nitriles is 1. The maximum Gasteiger partial charge on any atom is 0.261 e. The smallest absolute Gasteiger partial charge is 0.261 e. The van der Waals surface area contributed by atoms with Gasteiger partial charge in [0, 0.05) is 23.6 Å². The number of carbonyl (C=O) groups is 1. The maximum absolute atomic E-state index is 11.9. The van der Waals surface area contributed by atoms with E-state index in [2.05, 4.69) is 9.88 Å². The Morgan fingerprint density at radius 1 is 1.33 bits per heavy atom. The fourth-order valence-corrected chi connectivity index (χ4v) is 2.62. The van der Waals surface area contributed by atoms with Gasteiger partial charge in [0.25, 0.3) is 5.91 Å². The Labute approximate surface area is 142 Å². The van der Waals surface area contributed by atoms with Crippen LogP contribution in [0.15, 0.2) is 35.9 Å². The second-order valence-corrected chi connectivity index (χ2v) is 5.39. The van der Waals surface area contributed by atoms with Gasteiger partial charge in [-0.3, -0.25) is 4.79 Å². The molecular formula is C19H21N3O2. The fraction of sp³-hybridized carbons (Fsp3) is 0.263. The quantitative estimate of drug-likeness (QED) is 0.679. The Hall–Kier alpha value is -3.00. The lowest BCUT2D eigenvalue weighted by molar-refractivity contribution is -0.116. The summed E-state index contributed by atoms with van der Waals surface area (Å²) in [7, 11) is 1.63. The summed E-state index contributed by atoms with van der Waals surface area (Å²) in [5.74, 6) is 0.443. The molecule has 1 aromatic carbocycles. The Balaban J connectivity index is 2.45. The lowest BCUT2D eigenvalue weighted by Crippen LogP contribution is -2.23. The van der Waals surface area contributed by atoms with Gasteiger partial charge in [0.15, 0.2) is 0 Å². The zero-order valence-corrected chi connectivity index (χ0v) is 14.4. The summed E-state index contributed by atoms with van der Waals surface area (Å²) in [6.45, 7) is 6.27. The molecule has 2 rings (SSSR count). The van der Waals surface area contributed by atoms with Crippen LogP contribution in [0.2, 0.25) is 0 Å². The van der Waals surface area contributed by atoms with Crippen LogP contribution in [-0.4, -0.2) is 24.1 Å². The van der Waals surface area contributed by atoms with E-state index in [4.69, 9.17) is 4.74 Å². The van der Waals surface area contributed by atoms with Crippen LogP contribution in [0, 0.1) is 25.2 Å². The molecule has 0 atom stereocenters. The highest BCUT2D eigenvalue weighted by molar-refractivity contribution is 6.01. The number of carbonyl (C=O) groups excluding carboxylic acids is 1. The molecule has 0 aliphatic rings. The predicted molar refractivity (Wildman–Crippen MR) is 94.1 cm³/mol. The Morgan fingerprint density at radius 2 is 2.00 bits per heavy atom. The highest BCUT2D eigenvalue weighted by atomic mass is 16.5. The summed E-state index contributed by atoms with van der Waals surface area (Å²) >= 11 is 0. The zero-order chi connectivity index (χ0) is 17.7. The number of ether oxygens (including phenoxy) is 1. The monoisotopic (exact) mass is 323 g/mol. The molecule has 0 aliphatic heterocycles. The van der Waals surface area contributed by atoms with Crippen LogP contribution in [0.1, 0.15) is 23.9 Å². The van der Waals surface area contributed by atoms with Crippen molar-refractivity contribution >= 4 is 12.0 Å². The van der Waals surface area contributed by atoms with Gasteiger partial charge >= 0.3 is 0 Å². The molecule has 0 radical (unpaired) electrons. The first-order valence-corrected chi connectivity index (χ1v) is 7.75. The molecule has 1 amide bonds. The molecule has 0 saturated carbocycles. The van der Waals surface area contributed by atoms with Gasteiger partial charge in [0.1, 0.15) is 17.4 Å². The normalized spacial score (nSPS) is 11.0. The summed E-state index contributed by atoms with van der Waals surface area (Å²) in [6, 6.07) is 11.7. The van der Waals surface area contributed by atoms with Crippen molar-refractivity contribution in [3.8, 4) is 17.5 Å². The molecular weight excluding hydrogens is 302 g/mol. The van der Waals surface area contributed by atoms with Crippen LogP contribution >= 0.6 is 0 Å². The molecule has 0 spiro atoms. The largest absolute Gasteiger partial charge is 0.497 e. The summed E-state index contributed by atoms with van der Waals surface area (Å²) in [6.07, 6.45) is 1.63. The van der Waals surface area contributed by atoms with Crippen molar-refractivity contribution in [1.82, 2.24) is 9.88 Å². The first kappa shape index (κ1) is 17.4. The van der Waals surface area contributed by atoms with Crippen molar-refractivity contribution in [2.45, 2.75) is 20.8 Å². The molecule has 0 saturated heterocycles. The van der Waals surface area contributed by atoms with E-state index in [9.17, 15) is 10.1 Å². The average Bonchev–Trinajstić information content (AvgIpc) is 2.86. The zero-order valence-electron chi connectivity index (χ0n) is 14.4. The Kier molecular flexibility index (Phi) is 5.43. The van der Waals surface area contributed by atoms with Crippen LogP contribution in [0.25, 0.3) is 11.8 Å². The molecule has 1 heterocycles. The molecule has 0 unspecified atom stereocenters. The molecule has 0 bridgehead atoms. The molecule has 24 heavy (non-hydrogen) atoms. The van der Waals surface area contributed by atoms with Crippen molar-refractivity contribution in [2.24, 2.45) is 0 Å². The summed E-state index contributed by atoms with van der Waals surface area (Å²) in [5.41, 5.74) is 3.95. The number of rotatable bonds is 5. The number of hydrogen-bond donors (Lipinski definition) is 1. The lowest BCUT2D eigenvalue weighted by atomic mass is 10.1. The van der Waals surface area contributed by atoms with Gasteiger partial charge in [-0.2, -0.15) is 5.26 Å². The molecule has 0 aliphatic carbocycles. The van der Waals surface area contributed by atoms with E-state index in [0.29, 0.717) is 6.54 Å². The van der Waals surface area contributed by atoms with Gasteiger partial charge in [-0.05, 0) is 62.7 Å². The van der Waals surface area contributed by atoms with E-state index in [1.54, 1.807) is 13.2 Å². The standard InChI is InChI=1S/C19H21N3O2/c1-5-21-19(23)16(12-20)11-15-10-13(2)22(14(15)3)17-6-8-18(24-4)9-7-17/h6-11H,5H2,1-4H3,(H,21,23). The summed E-state index contributed by atoms with van der Waals surface area (Å²) in [4.78, 5) is 11.9. The third kappa shape index (κ3) is 3.49. The number of nitrogens with zero attached hydrogens (tertiary/aromatic N) is 2. The van der Waals surface area contributed by atoms with Crippen LogP contribution in [0.4, 0.5) is 0 Å². The lowest BCUT2D eigenvalue weighted by Gasteiger charge is -2.10. The van der Waals surface area contributed by atoms with Gasteiger partial charge in [-0.15, -0.1) is 0 Å².